The van der Waals surface area contributed by atoms with Crippen LogP contribution >= 0.6 is 11.8 Å². The van der Waals surface area contributed by atoms with E-state index in [0.717, 1.165) is 34.7 Å². The molecule has 0 amide bonds. The van der Waals surface area contributed by atoms with Crippen molar-refractivity contribution in [3.8, 4) is 11.5 Å². The van der Waals surface area contributed by atoms with Gasteiger partial charge in [-0.3, -0.25) is 0 Å². The van der Waals surface area contributed by atoms with Crippen molar-refractivity contribution in [1.82, 2.24) is 14.8 Å². The molecule has 0 aliphatic heterocycles. The Bertz CT molecular complexity index is 831. The molecule has 25 heavy (non-hydrogen) atoms. The van der Waals surface area contributed by atoms with E-state index in [2.05, 4.69) is 33.0 Å². The summed E-state index contributed by atoms with van der Waals surface area (Å²) < 4.78 is 12.5. The summed E-state index contributed by atoms with van der Waals surface area (Å²) in [5.74, 6) is 3.50. The SMILES string of the molecule is COc1ccc(Cc2nnc(SCc3cccc(OC)c3)n2C)cc1. The molecule has 0 saturated heterocycles. The molecule has 0 saturated carbocycles. The molecule has 1 aromatic heterocycles. The van der Waals surface area contributed by atoms with Crippen LogP contribution in [-0.4, -0.2) is 29.0 Å². The summed E-state index contributed by atoms with van der Waals surface area (Å²) in [5.41, 5.74) is 2.38. The maximum Gasteiger partial charge on any atom is 0.191 e. The number of benzene rings is 2. The minimum atomic E-state index is 0.743. The van der Waals surface area contributed by atoms with Gasteiger partial charge in [0.05, 0.1) is 14.2 Å². The fraction of sp³-hybridized carbons (Fsp3) is 0.263. The fourth-order valence-corrected chi connectivity index (χ4v) is 3.33. The number of aromatic nitrogens is 3. The van der Waals surface area contributed by atoms with Crippen molar-refractivity contribution in [2.24, 2.45) is 7.05 Å². The lowest BCUT2D eigenvalue weighted by molar-refractivity contribution is 0.414. The summed E-state index contributed by atoms with van der Waals surface area (Å²) in [5, 5.41) is 9.57. The molecule has 0 aliphatic rings. The van der Waals surface area contributed by atoms with Crippen LogP contribution in [0.15, 0.2) is 53.7 Å². The molecule has 130 valence electrons. The van der Waals surface area contributed by atoms with Crippen molar-refractivity contribution in [1.29, 1.82) is 0 Å². The van der Waals surface area contributed by atoms with Crippen LogP contribution in [0, 0.1) is 0 Å². The van der Waals surface area contributed by atoms with Gasteiger partial charge >= 0.3 is 0 Å². The second-order valence-corrected chi connectivity index (χ2v) is 6.57. The molecule has 0 atom stereocenters. The van der Waals surface area contributed by atoms with Crippen LogP contribution in [0.5, 0.6) is 11.5 Å². The van der Waals surface area contributed by atoms with Gasteiger partial charge in [0.15, 0.2) is 5.16 Å². The zero-order valence-electron chi connectivity index (χ0n) is 14.6. The highest BCUT2D eigenvalue weighted by Crippen LogP contribution is 2.24. The summed E-state index contributed by atoms with van der Waals surface area (Å²) in [6, 6.07) is 16.1. The number of hydrogen-bond acceptors (Lipinski definition) is 5. The number of nitrogens with zero attached hydrogens (tertiary/aromatic N) is 3. The predicted octanol–water partition coefficient (Wildman–Crippen LogP) is 3.72. The zero-order chi connectivity index (χ0) is 17.6. The standard InChI is InChI=1S/C19H21N3O2S/c1-22-18(12-14-7-9-16(23-2)10-8-14)20-21-19(22)25-13-15-5-4-6-17(11-15)24-3/h4-11H,12-13H2,1-3H3. The Balaban J connectivity index is 1.65. The first-order chi connectivity index (χ1) is 12.2. The number of rotatable bonds is 7. The molecular formula is C19H21N3O2S. The van der Waals surface area contributed by atoms with Crippen molar-refractivity contribution in [3.63, 3.8) is 0 Å². The Morgan fingerprint density at radius 2 is 1.68 bits per heavy atom. The van der Waals surface area contributed by atoms with Crippen molar-refractivity contribution < 1.29 is 9.47 Å². The molecule has 3 aromatic rings. The molecule has 0 spiro atoms. The van der Waals surface area contributed by atoms with Gasteiger partial charge in [-0.1, -0.05) is 36.0 Å². The second-order valence-electron chi connectivity index (χ2n) is 5.62. The van der Waals surface area contributed by atoms with E-state index in [1.807, 2.05) is 37.4 Å². The van der Waals surface area contributed by atoms with Gasteiger partial charge in [0.25, 0.3) is 0 Å². The van der Waals surface area contributed by atoms with E-state index in [4.69, 9.17) is 9.47 Å². The lowest BCUT2D eigenvalue weighted by Crippen LogP contribution is -2.00. The maximum atomic E-state index is 5.27. The van der Waals surface area contributed by atoms with Gasteiger partial charge in [0.2, 0.25) is 0 Å². The molecule has 0 bridgehead atoms. The van der Waals surface area contributed by atoms with Gasteiger partial charge in [-0.25, -0.2) is 0 Å². The van der Waals surface area contributed by atoms with Gasteiger partial charge in [0.1, 0.15) is 17.3 Å². The van der Waals surface area contributed by atoms with E-state index in [-0.39, 0.29) is 0 Å². The third-order valence-corrected chi connectivity index (χ3v) is 5.04. The molecular weight excluding hydrogens is 334 g/mol. The quantitative estimate of drug-likeness (QED) is 0.605. The highest BCUT2D eigenvalue weighted by molar-refractivity contribution is 7.98. The van der Waals surface area contributed by atoms with E-state index in [0.29, 0.717) is 0 Å². The van der Waals surface area contributed by atoms with Crippen molar-refractivity contribution >= 4 is 11.8 Å². The molecule has 0 fully saturated rings. The first-order valence-corrected chi connectivity index (χ1v) is 8.95. The molecule has 0 N–H and O–H groups in total. The summed E-state index contributed by atoms with van der Waals surface area (Å²) in [6.45, 7) is 0. The van der Waals surface area contributed by atoms with Gasteiger partial charge in [-0.2, -0.15) is 0 Å². The Kier molecular flexibility index (Phi) is 5.60. The summed E-state index contributed by atoms with van der Waals surface area (Å²) in [4.78, 5) is 0. The number of hydrogen-bond donors (Lipinski definition) is 0. The van der Waals surface area contributed by atoms with Crippen LogP contribution < -0.4 is 9.47 Å². The normalized spacial score (nSPS) is 10.7. The minimum absolute atomic E-state index is 0.743. The Morgan fingerprint density at radius 1 is 0.920 bits per heavy atom. The lowest BCUT2D eigenvalue weighted by Gasteiger charge is -2.06. The average Bonchev–Trinajstić information content (AvgIpc) is 3.00. The molecule has 3 rings (SSSR count). The van der Waals surface area contributed by atoms with Crippen LogP contribution in [0.25, 0.3) is 0 Å². The first-order valence-electron chi connectivity index (χ1n) is 7.96. The van der Waals surface area contributed by atoms with Gasteiger partial charge < -0.3 is 14.0 Å². The number of ether oxygens (including phenoxy) is 2. The summed E-state index contributed by atoms with van der Waals surface area (Å²) >= 11 is 1.67. The van der Waals surface area contributed by atoms with Crippen LogP contribution in [0.1, 0.15) is 17.0 Å². The number of methoxy groups -OCH3 is 2. The third kappa shape index (κ3) is 4.33. The van der Waals surface area contributed by atoms with E-state index >= 15 is 0 Å². The van der Waals surface area contributed by atoms with E-state index in [9.17, 15) is 0 Å². The van der Waals surface area contributed by atoms with Crippen LogP contribution in [0.4, 0.5) is 0 Å². The largest absolute Gasteiger partial charge is 0.497 e. The highest BCUT2D eigenvalue weighted by Gasteiger charge is 2.10. The Morgan fingerprint density at radius 3 is 2.40 bits per heavy atom. The van der Waals surface area contributed by atoms with E-state index in [1.165, 1.54) is 11.1 Å². The van der Waals surface area contributed by atoms with Gasteiger partial charge in [0, 0.05) is 19.2 Å². The summed E-state index contributed by atoms with van der Waals surface area (Å²) in [7, 11) is 5.36. The molecule has 0 radical (unpaired) electrons. The van der Waals surface area contributed by atoms with Crippen LogP contribution in [0.2, 0.25) is 0 Å². The Labute approximate surface area is 152 Å². The minimum Gasteiger partial charge on any atom is -0.497 e. The molecule has 6 heteroatoms. The number of thioether (sulfide) groups is 1. The predicted molar refractivity (Wildman–Crippen MR) is 99.4 cm³/mol. The van der Waals surface area contributed by atoms with Crippen LogP contribution in [0.3, 0.4) is 0 Å². The fourth-order valence-electron chi connectivity index (χ4n) is 2.46. The van der Waals surface area contributed by atoms with E-state index < -0.39 is 0 Å². The molecule has 1 heterocycles. The highest BCUT2D eigenvalue weighted by atomic mass is 32.2. The average molecular weight is 355 g/mol. The van der Waals surface area contributed by atoms with Gasteiger partial charge in [-0.15, -0.1) is 10.2 Å². The van der Waals surface area contributed by atoms with E-state index in [1.54, 1.807) is 26.0 Å². The summed E-state index contributed by atoms with van der Waals surface area (Å²) in [6.07, 6.45) is 0.743. The van der Waals surface area contributed by atoms with Crippen molar-refractivity contribution in [3.05, 3.63) is 65.5 Å². The molecule has 2 aromatic carbocycles. The van der Waals surface area contributed by atoms with Crippen molar-refractivity contribution in [2.75, 3.05) is 14.2 Å². The van der Waals surface area contributed by atoms with Crippen LogP contribution in [-0.2, 0) is 19.2 Å². The van der Waals surface area contributed by atoms with Crippen molar-refractivity contribution in [2.45, 2.75) is 17.3 Å². The topological polar surface area (TPSA) is 49.2 Å². The Hall–Kier alpha value is -2.47. The monoisotopic (exact) mass is 355 g/mol. The second kappa shape index (κ2) is 8.07. The maximum absolute atomic E-state index is 5.27. The molecule has 0 aliphatic carbocycles. The van der Waals surface area contributed by atoms with Gasteiger partial charge in [-0.05, 0) is 35.4 Å². The molecule has 0 unspecified atom stereocenters. The molecule has 5 nitrogen and oxygen atoms in total. The third-order valence-electron chi connectivity index (χ3n) is 3.95. The lowest BCUT2D eigenvalue weighted by atomic mass is 10.1. The first kappa shape index (κ1) is 17.4. The zero-order valence-corrected chi connectivity index (χ0v) is 15.4. The smallest absolute Gasteiger partial charge is 0.191 e.